The van der Waals surface area contributed by atoms with Gasteiger partial charge in [-0.05, 0) is 30.7 Å². The molecule has 0 saturated heterocycles. The standard InChI is InChI=1S/C16H17NO4/c1-10-3-4-14(19-2)12(5-10)17-8-11-6-15-16(7-13(11)18)21-9-20-15/h3-7,17-18H,8-9H2,1-2H3. The summed E-state index contributed by atoms with van der Waals surface area (Å²) in [5.41, 5.74) is 2.76. The first-order valence-corrected chi connectivity index (χ1v) is 6.67. The number of phenolic OH excluding ortho intramolecular Hbond substituents is 1. The maximum atomic E-state index is 10.0. The highest BCUT2D eigenvalue weighted by atomic mass is 16.7. The van der Waals surface area contributed by atoms with Crippen molar-refractivity contribution in [2.45, 2.75) is 13.5 Å². The van der Waals surface area contributed by atoms with Crippen molar-refractivity contribution in [2.24, 2.45) is 0 Å². The summed E-state index contributed by atoms with van der Waals surface area (Å²) in [5, 5.41) is 13.3. The van der Waals surface area contributed by atoms with Crippen molar-refractivity contribution in [3.63, 3.8) is 0 Å². The quantitative estimate of drug-likeness (QED) is 0.905. The van der Waals surface area contributed by atoms with Crippen LogP contribution in [0.5, 0.6) is 23.0 Å². The fraction of sp³-hybridized carbons (Fsp3) is 0.250. The molecule has 0 fully saturated rings. The van der Waals surface area contributed by atoms with Crippen LogP contribution in [0.2, 0.25) is 0 Å². The molecule has 0 atom stereocenters. The van der Waals surface area contributed by atoms with E-state index in [-0.39, 0.29) is 12.5 Å². The Balaban J connectivity index is 1.81. The second kappa shape index (κ2) is 5.44. The minimum atomic E-state index is 0.179. The molecule has 0 radical (unpaired) electrons. The highest BCUT2D eigenvalue weighted by molar-refractivity contribution is 5.59. The topological polar surface area (TPSA) is 60.0 Å². The monoisotopic (exact) mass is 287 g/mol. The van der Waals surface area contributed by atoms with Gasteiger partial charge in [-0.2, -0.15) is 0 Å². The molecular formula is C16H17NO4. The van der Waals surface area contributed by atoms with Gasteiger partial charge in [-0.3, -0.25) is 0 Å². The molecule has 0 spiro atoms. The van der Waals surface area contributed by atoms with Crippen LogP contribution in [0.4, 0.5) is 5.69 Å². The average Bonchev–Trinajstić information content (AvgIpc) is 2.92. The van der Waals surface area contributed by atoms with E-state index in [0.29, 0.717) is 18.0 Å². The Labute approximate surface area is 123 Å². The largest absolute Gasteiger partial charge is 0.507 e. The van der Waals surface area contributed by atoms with Gasteiger partial charge in [0.1, 0.15) is 11.5 Å². The lowest BCUT2D eigenvalue weighted by Gasteiger charge is -2.13. The van der Waals surface area contributed by atoms with Crippen LogP contribution >= 0.6 is 0 Å². The Morgan fingerprint density at radius 2 is 1.95 bits per heavy atom. The predicted molar refractivity (Wildman–Crippen MR) is 79.3 cm³/mol. The second-order valence-corrected chi connectivity index (χ2v) is 4.89. The number of phenols is 1. The van der Waals surface area contributed by atoms with Gasteiger partial charge < -0.3 is 24.6 Å². The van der Waals surface area contributed by atoms with Crippen LogP contribution in [0.1, 0.15) is 11.1 Å². The Bertz CT molecular complexity index is 670. The van der Waals surface area contributed by atoms with Crippen molar-refractivity contribution >= 4 is 5.69 Å². The molecule has 1 aliphatic rings. The van der Waals surface area contributed by atoms with Crippen molar-refractivity contribution in [3.05, 3.63) is 41.5 Å². The molecule has 2 aromatic rings. The van der Waals surface area contributed by atoms with Crippen LogP contribution < -0.4 is 19.5 Å². The number of aryl methyl sites for hydroxylation is 1. The van der Waals surface area contributed by atoms with Crippen molar-refractivity contribution in [1.29, 1.82) is 0 Å². The minimum Gasteiger partial charge on any atom is -0.507 e. The van der Waals surface area contributed by atoms with Crippen LogP contribution in [0.3, 0.4) is 0 Å². The first-order valence-electron chi connectivity index (χ1n) is 6.67. The SMILES string of the molecule is COc1ccc(C)cc1NCc1cc2c(cc1O)OCO2. The molecule has 0 aliphatic carbocycles. The number of nitrogens with one attached hydrogen (secondary N) is 1. The first-order chi connectivity index (χ1) is 10.2. The normalized spacial score (nSPS) is 12.3. The molecule has 0 amide bonds. The van der Waals surface area contributed by atoms with Gasteiger partial charge in [0, 0.05) is 18.2 Å². The molecule has 110 valence electrons. The van der Waals surface area contributed by atoms with E-state index in [0.717, 1.165) is 22.6 Å². The summed E-state index contributed by atoms with van der Waals surface area (Å²) < 4.78 is 15.9. The van der Waals surface area contributed by atoms with Crippen LogP contribution in [-0.2, 0) is 6.54 Å². The van der Waals surface area contributed by atoms with E-state index in [1.54, 1.807) is 19.2 Å². The molecule has 21 heavy (non-hydrogen) atoms. The molecule has 1 aliphatic heterocycles. The van der Waals surface area contributed by atoms with Crippen molar-refractivity contribution < 1.29 is 19.3 Å². The maximum Gasteiger partial charge on any atom is 0.231 e. The van der Waals surface area contributed by atoms with E-state index in [1.165, 1.54) is 0 Å². The number of hydrogen-bond donors (Lipinski definition) is 2. The predicted octanol–water partition coefficient (Wildman–Crippen LogP) is 3.05. The van der Waals surface area contributed by atoms with E-state index in [4.69, 9.17) is 14.2 Å². The van der Waals surface area contributed by atoms with E-state index < -0.39 is 0 Å². The van der Waals surface area contributed by atoms with Crippen molar-refractivity contribution in [2.75, 3.05) is 19.2 Å². The number of ether oxygens (including phenoxy) is 3. The van der Waals surface area contributed by atoms with Crippen LogP contribution in [0.15, 0.2) is 30.3 Å². The third-order valence-electron chi connectivity index (χ3n) is 3.40. The summed E-state index contributed by atoms with van der Waals surface area (Å²) in [6.07, 6.45) is 0. The van der Waals surface area contributed by atoms with E-state index in [2.05, 4.69) is 5.32 Å². The maximum absolute atomic E-state index is 10.0. The summed E-state index contributed by atoms with van der Waals surface area (Å²) in [7, 11) is 1.63. The molecule has 5 heteroatoms. The molecule has 0 bridgehead atoms. The van der Waals surface area contributed by atoms with Crippen molar-refractivity contribution in [3.8, 4) is 23.0 Å². The summed E-state index contributed by atoms with van der Waals surface area (Å²) in [6, 6.07) is 9.27. The van der Waals surface area contributed by atoms with Gasteiger partial charge in [0.15, 0.2) is 11.5 Å². The fourth-order valence-electron chi connectivity index (χ4n) is 2.27. The van der Waals surface area contributed by atoms with Crippen molar-refractivity contribution in [1.82, 2.24) is 0 Å². The molecule has 1 heterocycles. The number of methoxy groups -OCH3 is 1. The van der Waals surface area contributed by atoms with Gasteiger partial charge >= 0.3 is 0 Å². The number of hydrogen-bond acceptors (Lipinski definition) is 5. The zero-order valence-electron chi connectivity index (χ0n) is 12.0. The number of rotatable bonds is 4. The van der Waals surface area contributed by atoms with E-state index in [9.17, 15) is 5.11 Å². The summed E-state index contributed by atoms with van der Waals surface area (Å²) in [4.78, 5) is 0. The average molecular weight is 287 g/mol. The molecule has 2 N–H and O–H groups in total. The van der Waals surface area contributed by atoms with Gasteiger partial charge in [0.25, 0.3) is 0 Å². The second-order valence-electron chi connectivity index (χ2n) is 4.89. The van der Waals surface area contributed by atoms with Gasteiger partial charge in [-0.15, -0.1) is 0 Å². The molecule has 3 rings (SSSR count). The van der Waals surface area contributed by atoms with Gasteiger partial charge in [0.2, 0.25) is 6.79 Å². The molecule has 0 saturated carbocycles. The van der Waals surface area contributed by atoms with Gasteiger partial charge in [0.05, 0.1) is 12.8 Å². The molecule has 0 aromatic heterocycles. The van der Waals surface area contributed by atoms with Gasteiger partial charge in [-0.25, -0.2) is 0 Å². The first kappa shape index (κ1) is 13.4. The lowest BCUT2D eigenvalue weighted by atomic mass is 10.1. The van der Waals surface area contributed by atoms with Gasteiger partial charge in [-0.1, -0.05) is 6.07 Å². The highest BCUT2D eigenvalue weighted by Crippen LogP contribution is 2.38. The Morgan fingerprint density at radius 1 is 1.19 bits per heavy atom. The Hall–Kier alpha value is -2.56. The summed E-state index contributed by atoms with van der Waals surface area (Å²) in [6.45, 7) is 2.67. The molecule has 5 nitrogen and oxygen atoms in total. The number of fused-ring (bicyclic) bond motifs is 1. The fourth-order valence-corrected chi connectivity index (χ4v) is 2.27. The molecule has 2 aromatic carbocycles. The van der Waals surface area contributed by atoms with Crippen LogP contribution in [-0.4, -0.2) is 19.0 Å². The minimum absolute atomic E-state index is 0.179. The summed E-state index contributed by atoms with van der Waals surface area (Å²) >= 11 is 0. The third kappa shape index (κ3) is 2.67. The zero-order chi connectivity index (χ0) is 14.8. The Morgan fingerprint density at radius 3 is 2.71 bits per heavy atom. The lowest BCUT2D eigenvalue weighted by Crippen LogP contribution is -2.02. The third-order valence-corrected chi connectivity index (χ3v) is 3.40. The highest BCUT2D eigenvalue weighted by Gasteiger charge is 2.17. The lowest BCUT2D eigenvalue weighted by molar-refractivity contribution is 0.174. The molecular weight excluding hydrogens is 270 g/mol. The van der Waals surface area contributed by atoms with E-state index in [1.807, 2.05) is 25.1 Å². The number of anilines is 1. The smallest absolute Gasteiger partial charge is 0.231 e. The number of benzene rings is 2. The van der Waals surface area contributed by atoms with Crippen LogP contribution in [0, 0.1) is 6.92 Å². The number of aromatic hydroxyl groups is 1. The Kier molecular flexibility index (Phi) is 3.48. The summed E-state index contributed by atoms with van der Waals surface area (Å²) in [5.74, 6) is 2.17. The molecule has 0 unspecified atom stereocenters. The van der Waals surface area contributed by atoms with E-state index >= 15 is 0 Å². The zero-order valence-corrected chi connectivity index (χ0v) is 12.0. The van der Waals surface area contributed by atoms with Crippen LogP contribution in [0.25, 0.3) is 0 Å².